The van der Waals surface area contributed by atoms with Gasteiger partial charge in [0.2, 0.25) is 0 Å². The molecule has 7 heteroatoms. The molecule has 1 heterocycles. The number of thiophene rings is 1. The summed E-state index contributed by atoms with van der Waals surface area (Å²) in [6.45, 7) is -0.126. The first-order valence-electron chi connectivity index (χ1n) is 8.06. The van der Waals surface area contributed by atoms with Crippen molar-refractivity contribution >= 4 is 29.4 Å². The predicted molar refractivity (Wildman–Crippen MR) is 103 cm³/mol. The lowest BCUT2D eigenvalue weighted by atomic mass is 10.2. The molecule has 6 nitrogen and oxygen atoms in total. The van der Waals surface area contributed by atoms with Gasteiger partial charge in [0.25, 0.3) is 5.91 Å². The molecule has 0 bridgehead atoms. The first kappa shape index (κ1) is 18.3. The third kappa shape index (κ3) is 5.79. The summed E-state index contributed by atoms with van der Waals surface area (Å²) in [4.78, 5) is 24.1. The number of nitrogens with zero attached hydrogens (tertiary/aromatic N) is 1. The predicted octanol–water partition coefficient (Wildman–Crippen LogP) is 3.50. The molecule has 2 aromatic carbocycles. The summed E-state index contributed by atoms with van der Waals surface area (Å²) in [6, 6.07) is 19.3. The fourth-order valence-electron chi connectivity index (χ4n) is 2.05. The number of esters is 1. The van der Waals surface area contributed by atoms with Gasteiger partial charge in [-0.15, -0.1) is 11.3 Å². The van der Waals surface area contributed by atoms with Gasteiger partial charge in [-0.2, -0.15) is 5.10 Å². The van der Waals surface area contributed by atoms with Gasteiger partial charge < -0.3 is 9.47 Å². The molecule has 0 aliphatic heterocycles. The minimum absolute atomic E-state index is 0.126. The number of carbonyl (C=O) groups is 2. The Labute approximate surface area is 160 Å². The van der Waals surface area contributed by atoms with Crippen LogP contribution in [0.1, 0.15) is 15.2 Å². The highest BCUT2D eigenvalue weighted by Crippen LogP contribution is 2.16. The Morgan fingerprint density at radius 2 is 1.74 bits per heavy atom. The molecule has 3 rings (SSSR count). The smallest absolute Gasteiger partial charge is 0.353 e. The number of rotatable bonds is 7. The molecular weight excluding hydrogens is 364 g/mol. The molecule has 1 aromatic heterocycles. The fraction of sp³-hybridized carbons (Fsp3) is 0.0500. The SMILES string of the molecule is O=C(COc1ccccc1)NN=Cc1ccc(OC(=O)c2cccs2)cc1. The van der Waals surface area contributed by atoms with E-state index in [-0.39, 0.29) is 12.5 Å². The van der Waals surface area contributed by atoms with Crippen molar-refractivity contribution in [1.29, 1.82) is 0 Å². The minimum Gasteiger partial charge on any atom is -0.484 e. The van der Waals surface area contributed by atoms with Crippen molar-refractivity contribution in [3.8, 4) is 11.5 Å². The summed E-state index contributed by atoms with van der Waals surface area (Å²) in [5.41, 5.74) is 3.13. The summed E-state index contributed by atoms with van der Waals surface area (Å²) >= 11 is 1.32. The maximum atomic E-state index is 11.9. The van der Waals surface area contributed by atoms with Crippen molar-refractivity contribution in [2.75, 3.05) is 6.61 Å². The Morgan fingerprint density at radius 3 is 2.44 bits per heavy atom. The summed E-state index contributed by atoms with van der Waals surface area (Å²) in [7, 11) is 0. The second kappa shape index (κ2) is 9.30. The van der Waals surface area contributed by atoms with Crippen LogP contribution >= 0.6 is 11.3 Å². The fourth-order valence-corrected chi connectivity index (χ4v) is 2.65. The number of hydrogen-bond donors (Lipinski definition) is 1. The first-order valence-corrected chi connectivity index (χ1v) is 8.94. The van der Waals surface area contributed by atoms with E-state index in [4.69, 9.17) is 9.47 Å². The van der Waals surface area contributed by atoms with Crippen molar-refractivity contribution in [2.45, 2.75) is 0 Å². The average molecular weight is 380 g/mol. The summed E-state index contributed by atoms with van der Waals surface area (Å²) in [5, 5.41) is 5.69. The molecule has 0 unspecified atom stereocenters. The molecule has 0 saturated heterocycles. The molecule has 27 heavy (non-hydrogen) atoms. The molecule has 0 fully saturated rings. The third-order valence-electron chi connectivity index (χ3n) is 3.33. The largest absolute Gasteiger partial charge is 0.484 e. The zero-order valence-electron chi connectivity index (χ0n) is 14.2. The number of nitrogens with one attached hydrogen (secondary N) is 1. The van der Waals surface area contributed by atoms with Gasteiger partial charge in [-0.05, 0) is 53.4 Å². The van der Waals surface area contributed by atoms with E-state index in [0.717, 1.165) is 5.56 Å². The van der Waals surface area contributed by atoms with Crippen LogP contribution in [-0.2, 0) is 4.79 Å². The van der Waals surface area contributed by atoms with Gasteiger partial charge in [-0.25, -0.2) is 10.2 Å². The van der Waals surface area contributed by atoms with Crippen LogP contribution < -0.4 is 14.9 Å². The standard InChI is InChI=1S/C20H16N2O4S/c23-19(14-25-16-5-2-1-3-6-16)22-21-13-15-8-10-17(11-9-15)26-20(24)18-7-4-12-27-18/h1-13H,14H2,(H,22,23). The van der Waals surface area contributed by atoms with E-state index < -0.39 is 5.97 Å². The quantitative estimate of drug-likeness (QED) is 0.295. The Hall–Kier alpha value is -3.45. The van der Waals surface area contributed by atoms with Crippen molar-refractivity contribution in [3.63, 3.8) is 0 Å². The second-order valence-electron chi connectivity index (χ2n) is 5.33. The van der Waals surface area contributed by atoms with Crippen LogP contribution in [0.2, 0.25) is 0 Å². The topological polar surface area (TPSA) is 77.0 Å². The van der Waals surface area contributed by atoms with E-state index in [1.165, 1.54) is 17.6 Å². The summed E-state index contributed by atoms with van der Waals surface area (Å²) in [6.07, 6.45) is 1.49. The lowest BCUT2D eigenvalue weighted by Crippen LogP contribution is -2.24. The Bertz CT molecular complexity index is 907. The maximum Gasteiger partial charge on any atom is 0.353 e. The molecule has 0 atom stereocenters. The van der Waals surface area contributed by atoms with Gasteiger partial charge in [0.05, 0.1) is 6.21 Å². The molecule has 1 N–H and O–H groups in total. The molecule has 1 amide bonds. The molecule has 0 aliphatic carbocycles. The van der Waals surface area contributed by atoms with Crippen molar-refractivity contribution in [3.05, 3.63) is 82.6 Å². The number of carbonyl (C=O) groups excluding carboxylic acids is 2. The summed E-state index contributed by atoms with van der Waals surface area (Å²) in [5.74, 6) is 0.295. The molecule has 3 aromatic rings. The average Bonchev–Trinajstić information content (AvgIpc) is 3.24. The third-order valence-corrected chi connectivity index (χ3v) is 4.18. The van der Waals surface area contributed by atoms with E-state index in [9.17, 15) is 9.59 Å². The van der Waals surface area contributed by atoms with Crippen LogP contribution in [0.5, 0.6) is 11.5 Å². The molecule has 0 aliphatic rings. The van der Waals surface area contributed by atoms with Crippen LogP contribution in [0.15, 0.2) is 77.2 Å². The minimum atomic E-state index is -0.392. The van der Waals surface area contributed by atoms with Crippen LogP contribution in [0.25, 0.3) is 0 Å². The highest BCUT2D eigenvalue weighted by atomic mass is 32.1. The van der Waals surface area contributed by atoms with E-state index in [1.54, 1.807) is 48.5 Å². The Kier molecular flexibility index (Phi) is 6.32. The normalized spacial score (nSPS) is 10.5. The lowest BCUT2D eigenvalue weighted by Gasteiger charge is -2.04. The van der Waals surface area contributed by atoms with Crippen LogP contribution in [0.4, 0.5) is 0 Å². The zero-order valence-corrected chi connectivity index (χ0v) is 15.0. The maximum absolute atomic E-state index is 11.9. The van der Waals surface area contributed by atoms with E-state index in [1.807, 2.05) is 23.6 Å². The molecule has 0 spiro atoms. The lowest BCUT2D eigenvalue weighted by molar-refractivity contribution is -0.123. The second-order valence-corrected chi connectivity index (χ2v) is 6.28. The van der Waals surface area contributed by atoms with Gasteiger partial charge in [-0.3, -0.25) is 4.79 Å². The van der Waals surface area contributed by atoms with E-state index >= 15 is 0 Å². The van der Waals surface area contributed by atoms with Crippen molar-refractivity contribution < 1.29 is 19.1 Å². The molecule has 0 saturated carbocycles. The highest BCUT2D eigenvalue weighted by Gasteiger charge is 2.09. The van der Waals surface area contributed by atoms with Crippen molar-refractivity contribution in [2.24, 2.45) is 5.10 Å². The summed E-state index contributed by atoms with van der Waals surface area (Å²) < 4.78 is 10.6. The van der Waals surface area contributed by atoms with Gasteiger partial charge in [0.1, 0.15) is 16.4 Å². The van der Waals surface area contributed by atoms with Gasteiger partial charge in [0, 0.05) is 0 Å². The van der Waals surface area contributed by atoms with E-state index in [2.05, 4.69) is 10.5 Å². The monoisotopic (exact) mass is 380 g/mol. The van der Waals surface area contributed by atoms with Crippen LogP contribution in [0, 0.1) is 0 Å². The van der Waals surface area contributed by atoms with Crippen molar-refractivity contribution in [1.82, 2.24) is 5.43 Å². The first-order chi connectivity index (χ1) is 13.2. The van der Waals surface area contributed by atoms with E-state index in [0.29, 0.717) is 16.4 Å². The highest BCUT2D eigenvalue weighted by molar-refractivity contribution is 7.12. The number of ether oxygens (including phenoxy) is 2. The van der Waals surface area contributed by atoms with Crippen LogP contribution in [0.3, 0.4) is 0 Å². The number of hydrazone groups is 1. The number of amides is 1. The van der Waals surface area contributed by atoms with Gasteiger partial charge in [0.15, 0.2) is 6.61 Å². The molecule has 0 radical (unpaired) electrons. The van der Waals surface area contributed by atoms with Gasteiger partial charge >= 0.3 is 5.97 Å². The number of hydrogen-bond acceptors (Lipinski definition) is 6. The Balaban J connectivity index is 1.45. The Morgan fingerprint density at radius 1 is 0.963 bits per heavy atom. The number of para-hydroxylation sites is 1. The zero-order chi connectivity index (χ0) is 18.9. The van der Waals surface area contributed by atoms with Crippen LogP contribution in [-0.4, -0.2) is 24.7 Å². The molecular formula is C20H16N2O4S. The molecule has 136 valence electrons. The number of benzene rings is 2. The van der Waals surface area contributed by atoms with Gasteiger partial charge in [-0.1, -0.05) is 24.3 Å².